The molecule has 0 spiro atoms. The molecule has 0 aromatic heterocycles. The molecule has 2 rings (SSSR count). The molecule has 2 aromatic carbocycles. The molecule has 3 heteroatoms. The smallest absolute Gasteiger partial charge is 0.123 e. The summed E-state index contributed by atoms with van der Waals surface area (Å²) in [6.45, 7) is 0.605. The Morgan fingerprint density at radius 1 is 1.00 bits per heavy atom. The topological polar surface area (TPSA) is 12.0 Å². The van der Waals surface area contributed by atoms with Crippen molar-refractivity contribution in [3.05, 3.63) is 71.5 Å². The number of benzene rings is 2. The van der Waals surface area contributed by atoms with Crippen LogP contribution < -0.4 is 5.32 Å². The summed E-state index contributed by atoms with van der Waals surface area (Å²) in [5.41, 5.74) is 1.99. The standard InChI is InChI=1S/C14H12FNS/c15-13-8-6-11(7-9-13)10-16-14(17)12-4-2-1-3-5-12/h1-9H,10H2,(H,16,17). The fourth-order valence-electron chi connectivity index (χ4n) is 1.48. The summed E-state index contributed by atoms with van der Waals surface area (Å²) in [6.07, 6.45) is 0. The zero-order valence-corrected chi connectivity index (χ0v) is 10.0. The van der Waals surface area contributed by atoms with E-state index in [-0.39, 0.29) is 5.82 Å². The van der Waals surface area contributed by atoms with Crippen LogP contribution in [0.3, 0.4) is 0 Å². The van der Waals surface area contributed by atoms with E-state index in [4.69, 9.17) is 12.2 Å². The Balaban J connectivity index is 1.95. The number of hydrogen-bond donors (Lipinski definition) is 1. The maximum atomic E-state index is 12.7. The molecular weight excluding hydrogens is 233 g/mol. The summed E-state index contributed by atoms with van der Waals surface area (Å²) in [4.78, 5) is 0.704. The summed E-state index contributed by atoms with van der Waals surface area (Å²) in [5.74, 6) is -0.223. The third-order valence-electron chi connectivity index (χ3n) is 2.40. The first kappa shape index (κ1) is 11.7. The minimum Gasteiger partial charge on any atom is -0.372 e. The predicted molar refractivity (Wildman–Crippen MR) is 71.4 cm³/mol. The summed E-state index contributed by atoms with van der Waals surface area (Å²) >= 11 is 5.26. The molecule has 0 fully saturated rings. The van der Waals surface area contributed by atoms with Crippen LogP contribution >= 0.6 is 12.2 Å². The monoisotopic (exact) mass is 245 g/mol. The Hall–Kier alpha value is -1.74. The number of halogens is 1. The van der Waals surface area contributed by atoms with Crippen molar-refractivity contribution in [3.8, 4) is 0 Å². The lowest BCUT2D eigenvalue weighted by atomic mass is 10.2. The highest BCUT2D eigenvalue weighted by atomic mass is 32.1. The lowest BCUT2D eigenvalue weighted by molar-refractivity contribution is 0.627. The van der Waals surface area contributed by atoms with Crippen LogP contribution in [0.2, 0.25) is 0 Å². The molecule has 1 nitrogen and oxygen atoms in total. The molecule has 17 heavy (non-hydrogen) atoms. The summed E-state index contributed by atoms with van der Waals surface area (Å²) < 4.78 is 12.7. The van der Waals surface area contributed by atoms with E-state index in [9.17, 15) is 4.39 Å². The Kier molecular flexibility index (Phi) is 3.83. The molecule has 0 saturated heterocycles. The maximum Gasteiger partial charge on any atom is 0.123 e. The van der Waals surface area contributed by atoms with Gasteiger partial charge in [-0.05, 0) is 17.7 Å². The zero-order valence-electron chi connectivity index (χ0n) is 9.19. The van der Waals surface area contributed by atoms with Crippen molar-refractivity contribution < 1.29 is 4.39 Å². The SMILES string of the molecule is Fc1ccc(CNC(=S)c2ccccc2)cc1. The molecule has 1 N–H and O–H groups in total. The quantitative estimate of drug-likeness (QED) is 0.833. The van der Waals surface area contributed by atoms with Crippen LogP contribution in [0.4, 0.5) is 4.39 Å². The average molecular weight is 245 g/mol. The largest absolute Gasteiger partial charge is 0.372 e. The molecule has 0 bridgehead atoms. The number of rotatable bonds is 3. The van der Waals surface area contributed by atoms with Gasteiger partial charge in [0, 0.05) is 12.1 Å². The fourth-order valence-corrected chi connectivity index (χ4v) is 1.68. The Labute approximate surface area is 105 Å². The van der Waals surface area contributed by atoms with Gasteiger partial charge in [-0.2, -0.15) is 0 Å². The van der Waals surface area contributed by atoms with Gasteiger partial charge < -0.3 is 5.32 Å². The van der Waals surface area contributed by atoms with E-state index in [1.54, 1.807) is 12.1 Å². The van der Waals surface area contributed by atoms with E-state index < -0.39 is 0 Å². The van der Waals surface area contributed by atoms with Gasteiger partial charge in [0.25, 0.3) is 0 Å². The van der Waals surface area contributed by atoms with Gasteiger partial charge in [-0.25, -0.2) is 4.39 Å². The minimum absolute atomic E-state index is 0.223. The van der Waals surface area contributed by atoms with Crippen molar-refractivity contribution in [2.24, 2.45) is 0 Å². The second-order valence-electron chi connectivity index (χ2n) is 3.68. The first-order chi connectivity index (χ1) is 8.25. The Morgan fingerprint density at radius 3 is 2.29 bits per heavy atom. The van der Waals surface area contributed by atoms with E-state index in [1.807, 2.05) is 30.3 Å². The van der Waals surface area contributed by atoms with Gasteiger partial charge in [0.2, 0.25) is 0 Å². The van der Waals surface area contributed by atoms with Crippen LogP contribution in [0.5, 0.6) is 0 Å². The molecule has 0 aliphatic rings. The van der Waals surface area contributed by atoms with Crippen LogP contribution in [0.1, 0.15) is 11.1 Å². The normalized spacial score (nSPS) is 9.94. The molecule has 0 amide bonds. The molecule has 0 aliphatic heterocycles. The Morgan fingerprint density at radius 2 is 1.65 bits per heavy atom. The number of thiocarbonyl (C=S) groups is 1. The fraction of sp³-hybridized carbons (Fsp3) is 0.0714. The van der Waals surface area contributed by atoms with Gasteiger partial charge >= 0.3 is 0 Å². The first-order valence-corrected chi connectivity index (χ1v) is 5.74. The molecule has 86 valence electrons. The highest BCUT2D eigenvalue weighted by Crippen LogP contribution is 2.04. The third-order valence-corrected chi connectivity index (χ3v) is 2.78. The van der Waals surface area contributed by atoms with Gasteiger partial charge in [0.05, 0.1) is 0 Å². The van der Waals surface area contributed by atoms with Crippen molar-refractivity contribution in [2.75, 3.05) is 0 Å². The average Bonchev–Trinajstić information content (AvgIpc) is 2.39. The van der Waals surface area contributed by atoms with E-state index in [0.29, 0.717) is 11.5 Å². The van der Waals surface area contributed by atoms with Crippen molar-refractivity contribution in [2.45, 2.75) is 6.54 Å². The van der Waals surface area contributed by atoms with Gasteiger partial charge in [0.1, 0.15) is 10.8 Å². The van der Waals surface area contributed by atoms with E-state index >= 15 is 0 Å². The van der Waals surface area contributed by atoms with Gasteiger partial charge in [-0.1, -0.05) is 54.7 Å². The second kappa shape index (κ2) is 5.55. The van der Waals surface area contributed by atoms with Gasteiger partial charge in [-0.15, -0.1) is 0 Å². The van der Waals surface area contributed by atoms with Crippen molar-refractivity contribution in [3.63, 3.8) is 0 Å². The summed E-state index contributed by atoms with van der Waals surface area (Å²) in [7, 11) is 0. The van der Waals surface area contributed by atoms with Gasteiger partial charge in [0.15, 0.2) is 0 Å². The first-order valence-electron chi connectivity index (χ1n) is 5.33. The highest BCUT2D eigenvalue weighted by molar-refractivity contribution is 7.80. The van der Waals surface area contributed by atoms with Crippen molar-refractivity contribution in [1.29, 1.82) is 0 Å². The van der Waals surface area contributed by atoms with Crippen molar-refractivity contribution in [1.82, 2.24) is 5.32 Å². The summed E-state index contributed by atoms with van der Waals surface area (Å²) in [5, 5.41) is 3.14. The molecule has 0 saturated carbocycles. The van der Waals surface area contributed by atoms with E-state index in [2.05, 4.69) is 5.32 Å². The highest BCUT2D eigenvalue weighted by Gasteiger charge is 1.99. The molecule has 0 aliphatic carbocycles. The molecule has 0 radical (unpaired) electrons. The number of hydrogen-bond acceptors (Lipinski definition) is 1. The van der Waals surface area contributed by atoms with Gasteiger partial charge in [-0.3, -0.25) is 0 Å². The lowest BCUT2D eigenvalue weighted by Gasteiger charge is -2.07. The van der Waals surface area contributed by atoms with Crippen LogP contribution in [0, 0.1) is 5.82 Å². The maximum absolute atomic E-state index is 12.7. The lowest BCUT2D eigenvalue weighted by Crippen LogP contribution is -2.21. The summed E-state index contributed by atoms with van der Waals surface area (Å²) in [6, 6.07) is 16.1. The predicted octanol–water partition coefficient (Wildman–Crippen LogP) is 3.29. The van der Waals surface area contributed by atoms with Crippen LogP contribution in [0.25, 0.3) is 0 Å². The second-order valence-corrected chi connectivity index (χ2v) is 4.08. The zero-order chi connectivity index (χ0) is 12.1. The van der Waals surface area contributed by atoms with E-state index in [0.717, 1.165) is 11.1 Å². The van der Waals surface area contributed by atoms with Crippen LogP contribution in [-0.4, -0.2) is 4.99 Å². The van der Waals surface area contributed by atoms with Crippen LogP contribution in [0.15, 0.2) is 54.6 Å². The Bertz CT molecular complexity index is 493. The molecule has 0 unspecified atom stereocenters. The molecule has 0 atom stereocenters. The van der Waals surface area contributed by atoms with E-state index in [1.165, 1.54) is 12.1 Å². The molecule has 0 heterocycles. The molecule has 2 aromatic rings. The van der Waals surface area contributed by atoms with Crippen molar-refractivity contribution >= 4 is 17.2 Å². The minimum atomic E-state index is -0.223. The van der Waals surface area contributed by atoms with Crippen LogP contribution in [-0.2, 0) is 6.54 Å². The number of nitrogens with one attached hydrogen (secondary N) is 1. The molecular formula is C14H12FNS. The third kappa shape index (κ3) is 3.36.